The van der Waals surface area contributed by atoms with Gasteiger partial charge in [0.1, 0.15) is 0 Å². The van der Waals surface area contributed by atoms with E-state index in [1.165, 1.54) is 0 Å². The molecule has 0 bridgehead atoms. The Morgan fingerprint density at radius 1 is 1.59 bits per heavy atom. The maximum Gasteiger partial charge on any atom is 0.404 e. The lowest BCUT2D eigenvalue weighted by Crippen LogP contribution is -2.35. The van der Waals surface area contributed by atoms with Crippen LogP contribution in [0.1, 0.15) is 12.0 Å². The predicted octanol–water partition coefficient (Wildman–Crippen LogP) is 2.18. The Bertz CT molecular complexity index is 411. The van der Waals surface area contributed by atoms with Gasteiger partial charge in [0.15, 0.2) is 0 Å². The van der Waals surface area contributed by atoms with Crippen molar-refractivity contribution in [3.8, 4) is 0 Å². The van der Waals surface area contributed by atoms with Crippen molar-refractivity contribution in [2.24, 2.45) is 0 Å². The van der Waals surface area contributed by atoms with Crippen molar-refractivity contribution in [1.82, 2.24) is 10.2 Å². The second kappa shape index (κ2) is 5.38. The van der Waals surface area contributed by atoms with Crippen LogP contribution in [0.4, 0.5) is 4.79 Å². The molecule has 0 unspecified atom stereocenters. The van der Waals surface area contributed by atoms with Gasteiger partial charge in [0.2, 0.25) is 0 Å². The summed E-state index contributed by atoms with van der Waals surface area (Å²) in [5.41, 5.74) is 1.16. The van der Waals surface area contributed by atoms with Gasteiger partial charge in [-0.05, 0) is 24.1 Å². The van der Waals surface area contributed by atoms with Crippen molar-refractivity contribution in [2.45, 2.75) is 19.0 Å². The van der Waals surface area contributed by atoms with E-state index in [4.69, 9.17) is 16.7 Å². The highest BCUT2D eigenvalue weighted by molar-refractivity contribution is 6.30. The van der Waals surface area contributed by atoms with Crippen molar-refractivity contribution < 1.29 is 9.90 Å². The summed E-state index contributed by atoms with van der Waals surface area (Å²) in [5.74, 6) is 0. The number of benzene rings is 1. The Morgan fingerprint density at radius 2 is 2.41 bits per heavy atom. The minimum Gasteiger partial charge on any atom is -0.465 e. The molecule has 1 aliphatic heterocycles. The van der Waals surface area contributed by atoms with E-state index >= 15 is 0 Å². The van der Waals surface area contributed by atoms with Gasteiger partial charge in [-0.1, -0.05) is 23.7 Å². The Balaban J connectivity index is 1.87. The second-order valence-electron chi connectivity index (χ2n) is 4.30. The lowest BCUT2D eigenvalue weighted by atomic mass is 10.2. The number of rotatable bonds is 3. The molecule has 1 saturated heterocycles. The number of halogens is 1. The molecule has 5 heteroatoms. The lowest BCUT2D eigenvalue weighted by Gasteiger charge is -2.16. The summed E-state index contributed by atoms with van der Waals surface area (Å²) in [6.07, 6.45) is -0.0769. The van der Waals surface area contributed by atoms with Gasteiger partial charge < -0.3 is 10.4 Å². The zero-order valence-corrected chi connectivity index (χ0v) is 10.2. The molecule has 0 radical (unpaired) electrons. The van der Waals surface area contributed by atoms with Crippen LogP contribution in [0, 0.1) is 0 Å². The number of carboxylic acid groups (broad SMARTS) is 1. The molecular weight excluding hydrogens is 240 g/mol. The normalized spacial score (nSPS) is 20.4. The van der Waals surface area contributed by atoms with Crippen molar-refractivity contribution >= 4 is 17.7 Å². The third-order valence-corrected chi connectivity index (χ3v) is 3.13. The molecule has 1 aromatic carbocycles. The van der Waals surface area contributed by atoms with Crippen LogP contribution in [0.3, 0.4) is 0 Å². The predicted molar refractivity (Wildman–Crippen MR) is 66.3 cm³/mol. The number of nitrogens with zero attached hydrogens (tertiary/aromatic N) is 1. The van der Waals surface area contributed by atoms with Gasteiger partial charge in [0.05, 0.1) is 0 Å². The van der Waals surface area contributed by atoms with Crippen LogP contribution in [0.25, 0.3) is 0 Å². The highest BCUT2D eigenvalue weighted by Gasteiger charge is 2.23. The molecule has 4 nitrogen and oxygen atoms in total. The summed E-state index contributed by atoms with van der Waals surface area (Å²) < 4.78 is 0. The zero-order valence-electron chi connectivity index (χ0n) is 9.40. The number of amides is 1. The molecule has 1 aromatic rings. The van der Waals surface area contributed by atoms with Gasteiger partial charge in [-0.2, -0.15) is 0 Å². The molecule has 2 rings (SSSR count). The second-order valence-corrected chi connectivity index (χ2v) is 4.74. The first-order valence-corrected chi connectivity index (χ1v) is 5.97. The van der Waals surface area contributed by atoms with Gasteiger partial charge in [-0.3, -0.25) is 4.90 Å². The Labute approximate surface area is 105 Å². The summed E-state index contributed by atoms with van der Waals surface area (Å²) in [6.45, 7) is 2.49. The van der Waals surface area contributed by atoms with Crippen LogP contribution < -0.4 is 5.32 Å². The standard InChI is InChI=1S/C12H15ClN2O2/c13-10-3-1-2-9(6-10)7-15-5-4-11(8-15)14-12(16)17/h1-3,6,11,14H,4-5,7-8H2,(H,16,17)/t11-/m0/s1. The van der Waals surface area contributed by atoms with E-state index in [-0.39, 0.29) is 6.04 Å². The maximum atomic E-state index is 10.5. The molecule has 1 fully saturated rings. The van der Waals surface area contributed by atoms with Crippen LogP contribution in [0.15, 0.2) is 24.3 Å². The average molecular weight is 255 g/mol. The Hall–Kier alpha value is -1.26. The van der Waals surface area contributed by atoms with E-state index in [1.54, 1.807) is 0 Å². The Kier molecular flexibility index (Phi) is 3.86. The van der Waals surface area contributed by atoms with Crippen molar-refractivity contribution in [3.63, 3.8) is 0 Å². The molecule has 92 valence electrons. The molecule has 1 amide bonds. The van der Waals surface area contributed by atoms with Crippen molar-refractivity contribution in [3.05, 3.63) is 34.9 Å². The van der Waals surface area contributed by atoms with E-state index in [0.29, 0.717) is 0 Å². The highest BCUT2D eigenvalue weighted by atomic mass is 35.5. The van der Waals surface area contributed by atoms with Crippen LogP contribution in [-0.4, -0.2) is 35.2 Å². The Morgan fingerprint density at radius 3 is 3.12 bits per heavy atom. The summed E-state index contributed by atoms with van der Waals surface area (Å²) in [5, 5.41) is 11.9. The first-order chi connectivity index (χ1) is 8.13. The fourth-order valence-electron chi connectivity index (χ4n) is 2.16. The van der Waals surface area contributed by atoms with E-state index in [9.17, 15) is 4.79 Å². The molecule has 1 atom stereocenters. The number of carbonyl (C=O) groups is 1. The third kappa shape index (κ3) is 3.61. The molecule has 17 heavy (non-hydrogen) atoms. The molecular formula is C12H15ClN2O2. The molecule has 1 aliphatic rings. The van der Waals surface area contributed by atoms with Crippen LogP contribution >= 0.6 is 11.6 Å². The number of hydrogen-bond acceptors (Lipinski definition) is 2. The highest BCUT2D eigenvalue weighted by Crippen LogP contribution is 2.16. The van der Waals surface area contributed by atoms with E-state index in [0.717, 1.165) is 36.6 Å². The van der Waals surface area contributed by atoms with Crippen LogP contribution in [0.5, 0.6) is 0 Å². The zero-order chi connectivity index (χ0) is 12.3. The van der Waals surface area contributed by atoms with E-state index in [1.807, 2.05) is 24.3 Å². The van der Waals surface area contributed by atoms with Gasteiger partial charge in [0, 0.05) is 30.7 Å². The maximum absolute atomic E-state index is 10.5. The average Bonchev–Trinajstić information content (AvgIpc) is 2.64. The SMILES string of the molecule is O=C(O)N[C@H]1CCN(Cc2cccc(Cl)c2)C1. The fourth-order valence-corrected chi connectivity index (χ4v) is 2.38. The van der Waals surface area contributed by atoms with Gasteiger partial charge in [-0.15, -0.1) is 0 Å². The monoisotopic (exact) mass is 254 g/mol. The molecule has 0 aliphatic carbocycles. The quantitative estimate of drug-likeness (QED) is 0.869. The summed E-state index contributed by atoms with van der Waals surface area (Å²) >= 11 is 5.92. The van der Waals surface area contributed by atoms with Crippen molar-refractivity contribution in [1.29, 1.82) is 0 Å². The van der Waals surface area contributed by atoms with Crippen LogP contribution in [-0.2, 0) is 6.54 Å². The van der Waals surface area contributed by atoms with Gasteiger partial charge in [-0.25, -0.2) is 4.79 Å². The molecule has 1 heterocycles. The topological polar surface area (TPSA) is 52.6 Å². The third-order valence-electron chi connectivity index (χ3n) is 2.90. The smallest absolute Gasteiger partial charge is 0.404 e. The first-order valence-electron chi connectivity index (χ1n) is 5.60. The number of likely N-dealkylation sites (tertiary alicyclic amines) is 1. The van der Waals surface area contributed by atoms with Gasteiger partial charge in [0.25, 0.3) is 0 Å². The summed E-state index contributed by atoms with van der Waals surface area (Å²) in [4.78, 5) is 12.7. The minimum atomic E-state index is -0.945. The first kappa shape index (κ1) is 12.2. The summed E-state index contributed by atoms with van der Waals surface area (Å²) in [7, 11) is 0. The largest absolute Gasteiger partial charge is 0.465 e. The number of nitrogens with one attached hydrogen (secondary N) is 1. The van der Waals surface area contributed by atoms with E-state index in [2.05, 4.69) is 10.2 Å². The molecule has 0 aromatic heterocycles. The summed E-state index contributed by atoms with van der Waals surface area (Å²) in [6, 6.07) is 7.81. The van der Waals surface area contributed by atoms with E-state index < -0.39 is 6.09 Å². The fraction of sp³-hybridized carbons (Fsp3) is 0.417. The van der Waals surface area contributed by atoms with Gasteiger partial charge >= 0.3 is 6.09 Å². The molecule has 0 saturated carbocycles. The number of hydrogen-bond donors (Lipinski definition) is 2. The lowest BCUT2D eigenvalue weighted by molar-refractivity contribution is 0.189. The molecule has 2 N–H and O–H groups in total. The molecule has 0 spiro atoms. The van der Waals surface area contributed by atoms with Crippen molar-refractivity contribution in [2.75, 3.05) is 13.1 Å². The minimum absolute atomic E-state index is 0.0479. The van der Waals surface area contributed by atoms with Crippen LogP contribution in [0.2, 0.25) is 5.02 Å².